The van der Waals surface area contributed by atoms with E-state index < -0.39 is 15.9 Å². The third kappa shape index (κ3) is 5.27. The highest BCUT2D eigenvalue weighted by molar-refractivity contribution is 6.61. The maximum Gasteiger partial charge on any atom is 0.114 e. The second-order valence-electron chi connectivity index (χ2n) is 15.5. The number of para-hydroxylation sites is 2. The number of benzene rings is 8. The van der Waals surface area contributed by atoms with Crippen LogP contribution in [0.5, 0.6) is 0 Å². The minimum Gasteiger partial charge on any atom is -0.408 e. The zero-order valence-electron chi connectivity index (χ0n) is 32.0. The number of aryl methyl sites for hydroxylation is 1. The van der Waals surface area contributed by atoms with E-state index in [0.717, 1.165) is 95.0 Å². The Hall–Kier alpha value is -5.97. The first-order valence-corrected chi connectivity index (χ1v) is 19.5. The summed E-state index contributed by atoms with van der Waals surface area (Å²) < 4.78 is 2.25. The molecule has 1 aliphatic rings. The molecule has 1 N–H and O–H groups in total. The van der Waals surface area contributed by atoms with E-state index in [4.69, 9.17) is 44.2 Å². The molecule has 1 unspecified atom stereocenters. The van der Waals surface area contributed by atoms with Gasteiger partial charge < -0.3 is 5.11 Å². The van der Waals surface area contributed by atoms with Gasteiger partial charge in [-0.25, -0.2) is 4.98 Å². The zero-order valence-corrected chi connectivity index (χ0v) is 32.0. The van der Waals surface area contributed by atoms with Gasteiger partial charge in [-0.05, 0) is 113 Å². The van der Waals surface area contributed by atoms with E-state index in [1.807, 2.05) is 42.5 Å². The molecule has 0 bridgehead atoms. The van der Waals surface area contributed by atoms with Gasteiger partial charge in [-0.2, -0.15) is 0 Å². The Bertz CT molecular complexity index is 3000. The minimum atomic E-state index is -2.40. The van der Waals surface area contributed by atoms with Crippen LogP contribution in [0, 0.1) is 0 Å². The van der Waals surface area contributed by atoms with Crippen molar-refractivity contribution in [3.05, 3.63) is 181 Å². The molecule has 1 aliphatic carbocycles. The number of aliphatic hydroxyl groups is 1. The Morgan fingerprint density at radius 1 is 0.534 bits per heavy atom. The number of imidazole rings is 1. The maximum absolute atomic E-state index is 11.6. The predicted octanol–water partition coefficient (Wildman–Crippen LogP) is 9.72. The molecule has 1 aromatic heterocycles. The summed E-state index contributed by atoms with van der Waals surface area (Å²) in [7, 11) is 32.6. The quantitative estimate of drug-likeness (QED) is 0.131. The molecule has 3 nitrogen and oxygen atoms in total. The van der Waals surface area contributed by atoms with Crippen LogP contribution in [0.15, 0.2) is 164 Å². The van der Waals surface area contributed by atoms with Gasteiger partial charge in [0.15, 0.2) is 0 Å². The second kappa shape index (κ2) is 13.3. The van der Waals surface area contributed by atoms with E-state index in [0.29, 0.717) is 11.1 Å². The van der Waals surface area contributed by atoms with Gasteiger partial charge in [0, 0.05) is 17.5 Å². The fraction of sp³-hybridized carbons (Fsp3) is 0.100. The van der Waals surface area contributed by atoms with Crippen LogP contribution in [0.25, 0.3) is 82.8 Å². The molecule has 264 valence electrons. The van der Waals surface area contributed by atoms with E-state index in [1.165, 1.54) is 0 Å². The van der Waals surface area contributed by atoms with Gasteiger partial charge in [0.1, 0.15) is 21.5 Å². The van der Waals surface area contributed by atoms with Crippen molar-refractivity contribution in [1.29, 1.82) is 0 Å². The number of nitrogens with zero attached hydrogens (tertiary/aromatic N) is 2. The van der Waals surface area contributed by atoms with Gasteiger partial charge in [-0.3, -0.25) is 4.57 Å². The van der Waals surface area contributed by atoms with E-state index in [-0.39, 0.29) is 0 Å². The highest BCUT2D eigenvalue weighted by Gasteiger charge is 2.57. The highest BCUT2D eigenvalue weighted by atomic mass is 16.3. The molecular formula is C50H33B5N2O. The number of hydrogen-bond acceptors (Lipinski definition) is 2. The Balaban J connectivity index is 1.10. The largest absolute Gasteiger partial charge is 0.408 e. The average Bonchev–Trinajstić information content (AvgIpc) is 3.77. The second-order valence-corrected chi connectivity index (χ2v) is 15.5. The van der Waals surface area contributed by atoms with Crippen LogP contribution in [-0.4, -0.2) is 59.3 Å². The molecule has 1 heterocycles. The van der Waals surface area contributed by atoms with Crippen molar-refractivity contribution >= 4 is 71.8 Å². The summed E-state index contributed by atoms with van der Waals surface area (Å²) in [6, 6.07) is 56.4. The average molecular weight is 732 g/mol. The molecule has 0 aliphatic heterocycles. The Morgan fingerprint density at radius 3 is 1.60 bits per heavy atom. The van der Waals surface area contributed by atoms with Gasteiger partial charge in [0.2, 0.25) is 0 Å². The smallest absolute Gasteiger partial charge is 0.114 e. The van der Waals surface area contributed by atoms with Crippen LogP contribution < -0.4 is 0 Å². The van der Waals surface area contributed by atoms with Crippen molar-refractivity contribution in [3.63, 3.8) is 0 Å². The molecule has 0 saturated carbocycles. The monoisotopic (exact) mass is 732 g/mol. The van der Waals surface area contributed by atoms with E-state index in [2.05, 4.69) is 133 Å². The lowest BCUT2D eigenvalue weighted by atomic mass is 9.24. The fourth-order valence-electron chi connectivity index (χ4n) is 9.66. The maximum atomic E-state index is 11.6. The first-order chi connectivity index (χ1) is 28.0. The first kappa shape index (κ1) is 36.4. The van der Waals surface area contributed by atoms with E-state index in [1.54, 1.807) is 0 Å². The SMILES string of the molecule is [B]C([B])([B])C1(C([B])([B])O)c2ccccc2-c2ccc(-c3c4ccccc4c(-c4ccc(-c5ccc(-n6c(CC)nc7ccccc76)cc5)cc4)c4ccccc34)cc21. The molecule has 0 saturated heterocycles. The summed E-state index contributed by atoms with van der Waals surface area (Å²) in [6.07, 6.45) is 0.843. The topological polar surface area (TPSA) is 38.0 Å². The van der Waals surface area contributed by atoms with E-state index in [9.17, 15) is 5.11 Å². The number of hydrogen-bond donors (Lipinski definition) is 1. The highest BCUT2D eigenvalue weighted by Crippen LogP contribution is 2.61. The van der Waals surface area contributed by atoms with Crippen LogP contribution in [0.1, 0.15) is 23.9 Å². The molecule has 58 heavy (non-hydrogen) atoms. The molecule has 8 aromatic carbocycles. The Labute approximate surface area is 345 Å². The summed E-state index contributed by atoms with van der Waals surface area (Å²) in [5.74, 6) is 1.04. The number of fused-ring (bicyclic) bond motifs is 6. The van der Waals surface area contributed by atoms with Crippen molar-refractivity contribution in [2.24, 2.45) is 0 Å². The lowest BCUT2D eigenvalue weighted by molar-refractivity contribution is 0.138. The molecule has 0 amide bonds. The van der Waals surface area contributed by atoms with Crippen LogP contribution in [0.2, 0.25) is 5.11 Å². The van der Waals surface area contributed by atoms with Crippen LogP contribution >= 0.6 is 0 Å². The first-order valence-electron chi connectivity index (χ1n) is 19.5. The summed E-state index contributed by atoms with van der Waals surface area (Å²) in [6.45, 7) is 2.14. The fourth-order valence-corrected chi connectivity index (χ4v) is 9.66. The molecule has 8 heteroatoms. The van der Waals surface area contributed by atoms with Crippen molar-refractivity contribution in [3.8, 4) is 50.2 Å². The van der Waals surface area contributed by atoms with Gasteiger partial charge in [0.25, 0.3) is 0 Å². The molecular weight excluding hydrogens is 699 g/mol. The third-order valence-electron chi connectivity index (χ3n) is 12.1. The summed E-state index contributed by atoms with van der Waals surface area (Å²) in [4.78, 5) is 4.87. The lowest BCUT2D eigenvalue weighted by Gasteiger charge is -2.54. The van der Waals surface area contributed by atoms with Crippen molar-refractivity contribution < 1.29 is 5.11 Å². The van der Waals surface area contributed by atoms with Crippen LogP contribution in [0.3, 0.4) is 0 Å². The summed E-state index contributed by atoms with van der Waals surface area (Å²) in [5.41, 5.74) is 10.6. The van der Waals surface area contributed by atoms with Crippen LogP contribution in [-0.2, 0) is 11.8 Å². The van der Waals surface area contributed by atoms with Gasteiger partial charge >= 0.3 is 0 Å². The van der Waals surface area contributed by atoms with Gasteiger partial charge in [-0.15, -0.1) is 5.11 Å². The standard InChI is InChI=1S/C50H33B5N2O/c1-2-45-56-43-17-9-10-18-44(43)57(45)34-26-23-31(24-27-34)30-19-21-32(22-20-30)46-37-12-3-5-14-39(37)47(40-15-6-4-13-38(40)46)33-25-28-36-35-11-7-8-16-41(35)48(42(36)29-33,49(51,52)53)50(54,55)58/h3-29,58H,2H2,1H3. The Kier molecular flexibility index (Phi) is 8.34. The summed E-state index contributed by atoms with van der Waals surface area (Å²) >= 11 is 0. The molecule has 0 fully saturated rings. The normalized spacial score (nSPS) is 15.2. The lowest BCUT2D eigenvalue weighted by Crippen LogP contribution is -2.60. The van der Waals surface area contributed by atoms with Crippen LogP contribution in [0.4, 0.5) is 0 Å². The zero-order chi connectivity index (χ0) is 40.0. The summed E-state index contributed by atoms with van der Waals surface area (Å²) in [5, 5.41) is 11.5. The molecule has 9 aromatic rings. The number of rotatable bonds is 7. The van der Waals surface area contributed by atoms with Gasteiger partial charge in [0.05, 0.1) is 34.6 Å². The number of aromatic nitrogens is 2. The van der Waals surface area contributed by atoms with Crippen molar-refractivity contribution in [2.45, 2.75) is 29.3 Å². The third-order valence-corrected chi connectivity index (χ3v) is 12.1. The molecule has 10 rings (SSSR count). The Morgan fingerprint density at radius 2 is 1.02 bits per heavy atom. The van der Waals surface area contributed by atoms with E-state index >= 15 is 0 Å². The van der Waals surface area contributed by atoms with Gasteiger partial charge in [-0.1, -0.05) is 140 Å². The molecule has 1 atom stereocenters. The molecule has 10 radical (unpaired) electrons. The predicted molar refractivity (Wildman–Crippen MR) is 244 cm³/mol. The minimum absolute atomic E-state index is 0.566. The van der Waals surface area contributed by atoms with Crippen molar-refractivity contribution in [1.82, 2.24) is 9.55 Å². The molecule has 0 spiro atoms. The van der Waals surface area contributed by atoms with Crippen molar-refractivity contribution in [2.75, 3.05) is 0 Å².